The minimum atomic E-state index is -1.51. The molecule has 2 heterocycles. The number of nitrogens with zero attached hydrogens (tertiary/aromatic N) is 1. The lowest BCUT2D eigenvalue weighted by molar-refractivity contribution is -0.130. The molecule has 8 rings (SSSR count). The van der Waals surface area contributed by atoms with E-state index in [0.29, 0.717) is 11.1 Å². The van der Waals surface area contributed by atoms with Crippen molar-refractivity contribution in [2.45, 2.75) is 44.2 Å². The van der Waals surface area contributed by atoms with Crippen molar-refractivity contribution in [3.05, 3.63) is 127 Å². The first-order valence-corrected chi connectivity index (χ1v) is 17.2. The van der Waals surface area contributed by atoms with Gasteiger partial charge in [0.1, 0.15) is 34.3 Å². The molecule has 56 heavy (non-hydrogen) atoms. The van der Waals surface area contributed by atoms with Crippen LogP contribution in [0.3, 0.4) is 0 Å². The molecule has 2 aliphatic carbocycles. The lowest BCUT2D eigenvalue weighted by Crippen LogP contribution is -2.42. The van der Waals surface area contributed by atoms with E-state index in [4.69, 9.17) is 23.2 Å². The van der Waals surface area contributed by atoms with Gasteiger partial charge in [-0.15, -0.1) is 0 Å². The molecular weight excluding hydrogens is 783 g/mol. The van der Waals surface area contributed by atoms with Crippen LogP contribution >= 0.6 is 23.2 Å². The Kier molecular flexibility index (Phi) is 10.3. The van der Waals surface area contributed by atoms with Crippen LogP contribution in [-0.4, -0.2) is 47.6 Å². The normalized spacial score (nSPS) is 20.1. The summed E-state index contributed by atoms with van der Waals surface area (Å²) in [5.74, 6) is -4.91. The standard InChI is InChI=1S/C19H14ClF2N3O3.C18H12ClF2N3O3.CH4/c1-25-17(27)19(24-18(25)28)7-6-10-11(3-5-14(22)15(10)19)16(26)23-9-2-4-13(21)12(20)8-9;19-11-7-8(1-3-12(11)20)22-15(25)10-2-4-13(21)14-9(10)5-6-18(14)16(26)23-17(27)24-18;/h2-5,8H,6-7H2,1H3,(H,23,26)(H,24,28);1-4,7H,5-6H2,(H,22,25)(H2,23,24,26,27);1H4. The van der Waals surface area contributed by atoms with Crippen molar-refractivity contribution in [1.29, 1.82) is 0 Å². The fraction of sp³-hybridized carbons (Fsp3) is 0.211. The number of halogens is 6. The van der Waals surface area contributed by atoms with Gasteiger partial charge in [-0.05, 0) is 97.5 Å². The zero-order chi connectivity index (χ0) is 39.6. The van der Waals surface area contributed by atoms with Crippen LogP contribution in [0, 0.1) is 23.3 Å². The van der Waals surface area contributed by atoms with Gasteiger partial charge in [-0.3, -0.25) is 29.4 Å². The van der Waals surface area contributed by atoms with Gasteiger partial charge in [-0.25, -0.2) is 27.2 Å². The van der Waals surface area contributed by atoms with E-state index >= 15 is 0 Å². The lowest BCUT2D eigenvalue weighted by Gasteiger charge is -2.22. The number of hydrogen-bond donors (Lipinski definition) is 5. The van der Waals surface area contributed by atoms with Gasteiger partial charge in [0.25, 0.3) is 23.6 Å². The summed E-state index contributed by atoms with van der Waals surface area (Å²) in [5.41, 5.74) is -1.42. The molecule has 2 aliphatic heterocycles. The number of fused-ring (bicyclic) bond motifs is 4. The third kappa shape index (κ3) is 6.47. The van der Waals surface area contributed by atoms with Crippen LogP contribution in [0.15, 0.2) is 60.7 Å². The first-order valence-electron chi connectivity index (χ1n) is 16.5. The molecule has 4 aliphatic rings. The van der Waals surface area contributed by atoms with Gasteiger partial charge in [0.15, 0.2) is 0 Å². The van der Waals surface area contributed by atoms with Gasteiger partial charge < -0.3 is 21.3 Å². The highest BCUT2D eigenvalue weighted by Crippen LogP contribution is 2.44. The maximum atomic E-state index is 14.7. The number of carbonyl (C=O) groups is 6. The van der Waals surface area contributed by atoms with Gasteiger partial charge in [0, 0.05) is 40.7 Å². The second kappa shape index (κ2) is 14.6. The Balaban J connectivity index is 0.000000187. The molecule has 18 heteroatoms. The van der Waals surface area contributed by atoms with Crippen LogP contribution < -0.4 is 26.6 Å². The number of carbonyl (C=O) groups excluding carboxylic acids is 6. The molecule has 0 radical (unpaired) electrons. The summed E-state index contributed by atoms with van der Waals surface area (Å²) in [6.45, 7) is 0. The highest BCUT2D eigenvalue weighted by atomic mass is 35.5. The van der Waals surface area contributed by atoms with Crippen LogP contribution in [0.5, 0.6) is 0 Å². The van der Waals surface area contributed by atoms with E-state index in [9.17, 15) is 46.3 Å². The molecule has 0 bridgehead atoms. The monoisotopic (exact) mass is 812 g/mol. The molecule has 2 saturated heterocycles. The molecule has 290 valence electrons. The Labute approximate surface area is 325 Å². The molecule has 0 saturated carbocycles. The lowest BCUT2D eigenvalue weighted by atomic mass is 9.90. The molecule has 5 N–H and O–H groups in total. The second-order valence-corrected chi connectivity index (χ2v) is 13.9. The Bertz CT molecular complexity index is 2420. The van der Waals surface area contributed by atoms with E-state index in [0.717, 1.165) is 29.2 Å². The molecule has 0 aromatic heterocycles. The summed E-state index contributed by atoms with van der Waals surface area (Å²) in [6.07, 6.45) is 0.762. The van der Waals surface area contributed by atoms with Crippen LogP contribution in [0.1, 0.15) is 63.2 Å². The fourth-order valence-corrected chi connectivity index (χ4v) is 7.77. The minimum Gasteiger partial charge on any atom is -0.322 e. The summed E-state index contributed by atoms with van der Waals surface area (Å²) in [5, 5.41) is 12.0. The number of likely N-dealkylation sites (N-methyl/N-ethyl adjacent to an activating group) is 1. The second-order valence-electron chi connectivity index (χ2n) is 13.1. The van der Waals surface area contributed by atoms with Crippen molar-refractivity contribution >= 4 is 70.3 Å². The van der Waals surface area contributed by atoms with Gasteiger partial charge in [0.2, 0.25) is 0 Å². The van der Waals surface area contributed by atoms with E-state index in [2.05, 4.69) is 26.6 Å². The first-order chi connectivity index (χ1) is 26.1. The summed E-state index contributed by atoms with van der Waals surface area (Å²) in [7, 11) is 1.32. The molecular formula is C38H30Cl2F4N6O6. The highest BCUT2D eigenvalue weighted by molar-refractivity contribution is 6.31. The third-order valence-electron chi connectivity index (χ3n) is 9.96. The maximum absolute atomic E-state index is 14.7. The smallest absolute Gasteiger partial charge is 0.322 e. The molecule has 12 nitrogen and oxygen atoms in total. The van der Waals surface area contributed by atoms with Gasteiger partial charge in [-0.1, -0.05) is 30.6 Å². The zero-order valence-electron chi connectivity index (χ0n) is 28.3. The average Bonchev–Trinajstić information content (AvgIpc) is 3.86. The predicted molar refractivity (Wildman–Crippen MR) is 196 cm³/mol. The van der Waals surface area contributed by atoms with Crippen molar-refractivity contribution in [1.82, 2.24) is 20.9 Å². The molecule has 8 amide bonds. The Hall–Kier alpha value is -6.00. The highest BCUT2D eigenvalue weighted by Gasteiger charge is 2.56. The summed E-state index contributed by atoms with van der Waals surface area (Å²) >= 11 is 11.4. The van der Waals surface area contributed by atoms with Crippen molar-refractivity contribution in [3.63, 3.8) is 0 Å². The summed E-state index contributed by atoms with van der Waals surface area (Å²) in [4.78, 5) is 74.7. The van der Waals surface area contributed by atoms with Crippen molar-refractivity contribution in [2.24, 2.45) is 0 Å². The molecule has 2 fully saturated rings. The van der Waals surface area contributed by atoms with Crippen LogP contribution in [0.25, 0.3) is 0 Å². The number of imide groups is 2. The number of nitrogens with one attached hydrogen (secondary N) is 5. The summed E-state index contributed by atoms with van der Waals surface area (Å²) in [6, 6.07) is 10.9. The zero-order valence-corrected chi connectivity index (χ0v) is 29.8. The fourth-order valence-electron chi connectivity index (χ4n) is 7.41. The van der Waals surface area contributed by atoms with E-state index in [1.54, 1.807) is 0 Å². The van der Waals surface area contributed by atoms with Gasteiger partial charge in [0.05, 0.1) is 10.0 Å². The van der Waals surface area contributed by atoms with E-state index in [1.807, 2.05) is 0 Å². The Morgan fingerprint density at radius 2 is 1.12 bits per heavy atom. The first kappa shape index (κ1) is 39.7. The summed E-state index contributed by atoms with van der Waals surface area (Å²) < 4.78 is 55.8. The largest absolute Gasteiger partial charge is 0.325 e. The molecule has 4 aromatic carbocycles. The number of anilines is 2. The van der Waals surface area contributed by atoms with Crippen LogP contribution in [0.2, 0.25) is 10.0 Å². The molecule has 4 aromatic rings. The number of amides is 8. The molecule has 2 spiro atoms. The maximum Gasteiger partial charge on any atom is 0.325 e. The van der Waals surface area contributed by atoms with E-state index in [1.165, 1.54) is 43.4 Å². The quantitative estimate of drug-likeness (QED) is 0.114. The Morgan fingerprint density at radius 1 is 0.679 bits per heavy atom. The number of hydrogen-bond acceptors (Lipinski definition) is 6. The van der Waals surface area contributed by atoms with Gasteiger partial charge in [-0.2, -0.15) is 0 Å². The Morgan fingerprint density at radius 3 is 1.54 bits per heavy atom. The number of benzene rings is 4. The van der Waals surface area contributed by atoms with E-state index < -0.39 is 70.0 Å². The predicted octanol–water partition coefficient (Wildman–Crippen LogP) is 6.68. The number of rotatable bonds is 4. The minimum absolute atomic E-state index is 0. The average molecular weight is 814 g/mol. The van der Waals surface area contributed by atoms with Crippen LogP contribution in [-0.2, 0) is 33.5 Å². The van der Waals surface area contributed by atoms with Crippen molar-refractivity contribution in [2.75, 3.05) is 17.7 Å². The van der Waals surface area contributed by atoms with E-state index in [-0.39, 0.29) is 76.8 Å². The van der Waals surface area contributed by atoms with Gasteiger partial charge >= 0.3 is 12.1 Å². The van der Waals surface area contributed by atoms with Crippen molar-refractivity contribution in [3.8, 4) is 0 Å². The van der Waals surface area contributed by atoms with Crippen LogP contribution in [0.4, 0.5) is 38.5 Å². The molecule has 2 unspecified atom stereocenters. The third-order valence-corrected chi connectivity index (χ3v) is 10.5. The topological polar surface area (TPSA) is 166 Å². The number of urea groups is 2. The SMILES string of the molecule is C.CN1C(=O)NC2(CCc3c(C(=O)Nc4ccc(F)c(Cl)c4)ccc(F)c32)C1=O.O=C1NC(=O)C2(CCc3c(C(=O)Nc4ccc(F)c(Cl)c4)ccc(F)c32)N1. The molecule has 2 atom stereocenters. The van der Waals surface area contributed by atoms with Crippen molar-refractivity contribution < 1.29 is 46.3 Å².